The van der Waals surface area contributed by atoms with Gasteiger partial charge < -0.3 is 15.7 Å². The van der Waals surface area contributed by atoms with Crippen LogP contribution in [0.25, 0.3) is 0 Å². The number of pyridine rings is 1. The second-order valence-corrected chi connectivity index (χ2v) is 3.74. The number of rotatable bonds is 4. The molecule has 0 saturated carbocycles. The summed E-state index contributed by atoms with van der Waals surface area (Å²) in [5, 5.41) is 11.6. The van der Waals surface area contributed by atoms with Crippen molar-refractivity contribution in [3.63, 3.8) is 0 Å². The largest absolute Gasteiger partial charge is 0.486 e. The predicted molar refractivity (Wildman–Crippen MR) is 67.5 cm³/mol. The van der Waals surface area contributed by atoms with Crippen LogP contribution in [0.1, 0.15) is 11.1 Å². The Balaban J connectivity index is 2.19. The lowest BCUT2D eigenvalue weighted by atomic mass is 10.2. The van der Waals surface area contributed by atoms with Gasteiger partial charge in [0.2, 0.25) is 0 Å². The summed E-state index contributed by atoms with van der Waals surface area (Å²) < 4.78 is 18.9. The van der Waals surface area contributed by atoms with Crippen LogP contribution in [0.2, 0.25) is 0 Å². The fraction of sp³-hybridized carbons (Fsp3) is 0.0769. The Morgan fingerprint density at radius 2 is 2.16 bits per heavy atom. The topological polar surface area (TPSA) is 80.7 Å². The number of nitrogens with zero attached hydrogens (tertiary/aromatic N) is 2. The highest BCUT2D eigenvalue weighted by Gasteiger charge is 2.09. The number of amidine groups is 1. The van der Waals surface area contributed by atoms with Crippen LogP contribution in [0.4, 0.5) is 4.39 Å². The maximum Gasteiger partial charge on any atom is 0.173 e. The van der Waals surface area contributed by atoms with Crippen molar-refractivity contribution in [3.8, 4) is 5.75 Å². The third-order valence-corrected chi connectivity index (χ3v) is 2.51. The number of oxime groups is 1. The van der Waals surface area contributed by atoms with E-state index in [0.29, 0.717) is 16.9 Å². The smallest absolute Gasteiger partial charge is 0.173 e. The van der Waals surface area contributed by atoms with E-state index in [9.17, 15) is 4.39 Å². The second-order valence-electron chi connectivity index (χ2n) is 3.74. The highest BCUT2D eigenvalue weighted by Crippen LogP contribution is 2.18. The summed E-state index contributed by atoms with van der Waals surface area (Å²) in [5.41, 5.74) is 6.32. The number of benzene rings is 1. The molecule has 0 saturated heterocycles. The molecule has 2 aromatic rings. The molecule has 1 aromatic carbocycles. The van der Waals surface area contributed by atoms with Gasteiger partial charge in [-0.25, -0.2) is 4.39 Å². The number of aromatic nitrogens is 1. The summed E-state index contributed by atoms with van der Waals surface area (Å²) in [6, 6.07) is 7.84. The maximum atomic E-state index is 13.4. The van der Waals surface area contributed by atoms with E-state index < -0.39 is 0 Å². The number of hydrogen-bond donors (Lipinski definition) is 2. The van der Waals surface area contributed by atoms with E-state index >= 15 is 0 Å². The van der Waals surface area contributed by atoms with Crippen LogP contribution in [-0.2, 0) is 6.61 Å². The molecule has 2 rings (SSSR count). The third-order valence-electron chi connectivity index (χ3n) is 2.51. The molecular weight excluding hydrogens is 249 g/mol. The van der Waals surface area contributed by atoms with Crippen molar-refractivity contribution >= 4 is 5.84 Å². The van der Waals surface area contributed by atoms with Gasteiger partial charge >= 0.3 is 0 Å². The van der Waals surface area contributed by atoms with E-state index in [0.717, 1.165) is 0 Å². The molecule has 0 radical (unpaired) electrons. The predicted octanol–water partition coefficient (Wildman–Crippen LogP) is 1.89. The first kappa shape index (κ1) is 12.8. The van der Waals surface area contributed by atoms with Gasteiger partial charge in [-0.05, 0) is 12.1 Å². The molecule has 6 heteroatoms. The van der Waals surface area contributed by atoms with Gasteiger partial charge in [0.1, 0.15) is 18.2 Å². The lowest BCUT2D eigenvalue weighted by Crippen LogP contribution is -2.15. The monoisotopic (exact) mass is 261 g/mol. The van der Waals surface area contributed by atoms with Crippen molar-refractivity contribution in [2.24, 2.45) is 10.9 Å². The minimum absolute atomic E-state index is 0.0318. The Morgan fingerprint density at radius 3 is 2.89 bits per heavy atom. The summed E-state index contributed by atoms with van der Waals surface area (Å²) in [6.45, 7) is 0.0318. The molecule has 0 aliphatic rings. The summed E-state index contributed by atoms with van der Waals surface area (Å²) >= 11 is 0. The summed E-state index contributed by atoms with van der Waals surface area (Å²) in [7, 11) is 0. The molecule has 0 aliphatic carbocycles. The number of ether oxygens (including phenoxy) is 1. The molecule has 98 valence electrons. The first-order valence-electron chi connectivity index (χ1n) is 5.50. The minimum Gasteiger partial charge on any atom is -0.486 e. The molecule has 19 heavy (non-hydrogen) atoms. The van der Waals surface area contributed by atoms with E-state index in [1.165, 1.54) is 18.5 Å². The molecule has 0 unspecified atom stereocenters. The summed E-state index contributed by atoms with van der Waals surface area (Å²) in [6.07, 6.45) is 2.91. The molecule has 0 bridgehead atoms. The van der Waals surface area contributed by atoms with Crippen LogP contribution in [0.15, 0.2) is 47.9 Å². The molecule has 0 aliphatic heterocycles. The summed E-state index contributed by atoms with van der Waals surface area (Å²) in [5.74, 6) is -0.122. The lowest BCUT2D eigenvalue weighted by Gasteiger charge is -2.10. The van der Waals surface area contributed by atoms with Gasteiger partial charge in [0.15, 0.2) is 5.84 Å². The lowest BCUT2D eigenvalue weighted by molar-refractivity contribution is 0.296. The Morgan fingerprint density at radius 1 is 1.37 bits per heavy atom. The van der Waals surface area contributed by atoms with Gasteiger partial charge in [0.05, 0.1) is 11.8 Å². The Kier molecular flexibility index (Phi) is 3.92. The molecule has 1 heterocycles. The van der Waals surface area contributed by atoms with Crippen LogP contribution in [0.3, 0.4) is 0 Å². The third kappa shape index (κ3) is 2.98. The molecular formula is C13H12FN3O2. The van der Waals surface area contributed by atoms with Crippen molar-refractivity contribution in [1.82, 2.24) is 4.98 Å². The zero-order valence-corrected chi connectivity index (χ0v) is 9.95. The first-order valence-corrected chi connectivity index (χ1v) is 5.50. The zero-order chi connectivity index (χ0) is 13.7. The average molecular weight is 261 g/mol. The van der Waals surface area contributed by atoms with Gasteiger partial charge in [-0.15, -0.1) is 0 Å². The molecule has 0 fully saturated rings. The quantitative estimate of drug-likeness (QED) is 0.381. The second kappa shape index (κ2) is 5.81. The van der Waals surface area contributed by atoms with Crippen molar-refractivity contribution < 1.29 is 14.3 Å². The van der Waals surface area contributed by atoms with Crippen molar-refractivity contribution in [1.29, 1.82) is 0 Å². The molecule has 3 N–H and O–H groups in total. The van der Waals surface area contributed by atoms with E-state index in [1.807, 2.05) is 0 Å². The number of nitrogens with two attached hydrogens (primary N) is 1. The van der Waals surface area contributed by atoms with Crippen LogP contribution in [-0.4, -0.2) is 16.0 Å². The maximum absolute atomic E-state index is 13.4. The Hall–Kier alpha value is -2.63. The van der Waals surface area contributed by atoms with E-state index in [2.05, 4.69) is 10.1 Å². The molecule has 0 atom stereocenters. The fourth-order valence-electron chi connectivity index (χ4n) is 1.53. The van der Waals surface area contributed by atoms with E-state index in [-0.39, 0.29) is 18.3 Å². The first-order chi connectivity index (χ1) is 9.22. The minimum atomic E-state index is -0.350. The zero-order valence-electron chi connectivity index (χ0n) is 9.95. The van der Waals surface area contributed by atoms with Crippen molar-refractivity contribution in [2.75, 3.05) is 0 Å². The van der Waals surface area contributed by atoms with Gasteiger partial charge in [0.25, 0.3) is 0 Å². The van der Waals surface area contributed by atoms with Crippen molar-refractivity contribution in [3.05, 3.63) is 59.7 Å². The highest BCUT2D eigenvalue weighted by molar-refractivity contribution is 5.99. The molecule has 0 spiro atoms. The normalized spacial score (nSPS) is 11.3. The van der Waals surface area contributed by atoms with Crippen molar-refractivity contribution in [2.45, 2.75) is 6.61 Å². The van der Waals surface area contributed by atoms with Crippen LogP contribution < -0.4 is 10.5 Å². The SMILES string of the molecule is N/C(=N/O)c1ccncc1OCc1ccccc1F. The van der Waals surface area contributed by atoms with Gasteiger partial charge in [-0.3, -0.25) is 4.98 Å². The Bertz CT molecular complexity index is 602. The van der Waals surface area contributed by atoms with Gasteiger partial charge in [-0.1, -0.05) is 23.4 Å². The molecule has 0 amide bonds. The van der Waals surface area contributed by atoms with Gasteiger partial charge in [-0.2, -0.15) is 0 Å². The standard InChI is InChI=1S/C13H12FN3O2/c14-11-4-2-1-3-9(11)8-19-12-7-16-6-5-10(12)13(15)17-18/h1-7,18H,8H2,(H2,15,17). The molecule has 5 nitrogen and oxygen atoms in total. The van der Waals surface area contributed by atoms with Crippen LogP contribution in [0.5, 0.6) is 5.75 Å². The summed E-state index contributed by atoms with van der Waals surface area (Å²) in [4.78, 5) is 3.89. The number of halogens is 1. The van der Waals surface area contributed by atoms with E-state index in [1.54, 1.807) is 24.3 Å². The average Bonchev–Trinajstić information content (AvgIpc) is 2.46. The Labute approximate surface area is 109 Å². The fourth-order valence-corrected chi connectivity index (χ4v) is 1.53. The van der Waals surface area contributed by atoms with Crippen LogP contribution in [0, 0.1) is 5.82 Å². The number of hydrogen-bond acceptors (Lipinski definition) is 4. The van der Waals surface area contributed by atoms with Crippen LogP contribution >= 0.6 is 0 Å². The van der Waals surface area contributed by atoms with Gasteiger partial charge in [0, 0.05) is 11.8 Å². The van der Waals surface area contributed by atoms with E-state index in [4.69, 9.17) is 15.7 Å². The highest BCUT2D eigenvalue weighted by atomic mass is 19.1. The molecule has 1 aromatic heterocycles.